The quantitative estimate of drug-likeness (QED) is 0.494. The molecule has 0 bridgehead atoms. The van der Waals surface area contributed by atoms with Crippen LogP contribution in [0.15, 0.2) is 12.7 Å². The van der Waals surface area contributed by atoms with Crippen LogP contribution in [-0.2, 0) is 4.74 Å². The van der Waals surface area contributed by atoms with Crippen molar-refractivity contribution in [2.45, 2.75) is 58.2 Å². The van der Waals surface area contributed by atoms with Gasteiger partial charge in [0.15, 0.2) is 0 Å². The van der Waals surface area contributed by atoms with Crippen LogP contribution < -0.4 is 0 Å². The summed E-state index contributed by atoms with van der Waals surface area (Å²) in [6, 6.07) is 0. The summed E-state index contributed by atoms with van der Waals surface area (Å²) in [5, 5.41) is 0. The highest BCUT2D eigenvalue weighted by Gasteiger charge is 2.52. The van der Waals surface area contributed by atoms with Gasteiger partial charge in [-0.3, -0.25) is 0 Å². The fraction of sp³-hybridized carbons (Fsp3) is 0.846. The molecule has 1 aliphatic heterocycles. The SMILES string of the molecule is C=CC1(CC)CCCC2OC2C1CC. The lowest BCUT2D eigenvalue weighted by Gasteiger charge is -2.36. The van der Waals surface area contributed by atoms with Crippen molar-refractivity contribution < 1.29 is 4.74 Å². The van der Waals surface area contributed by atoms with Gasteiger partial charge in [-0.05, 0) is 43.4 Å². The molecule has 0 spiro atoms. The molecule has 2 aliphatic rings. The summed E-state index contributed by atoms with van der Waals surface area (Å²) in [7, 11) is 0. The van der Waals surface area contributed by atoms with E-state index in [0.29, 0.717) is 17.6 Å². The molecule has 0 aromatic carbocycles. The van der Waals surface area contributed by atoms with Gasteiger partial charge in [-0.25, -0.2) is 0 Å². The molecule has 4 atom stereocenters. The van der Waals surface area contributed by atoms with Gasteiger partial charge in [0, 0.05) is 0 Å². The zero-order valence-electron chi connectivity index (χ0n) is 9.46. The van der Waals surface area contributed by atoms with E-state index in [1.165, 1.54) is 32.1 Å². The summed E-state index contributed by atoms with van der Waals surface area (Å²) in [4.78, 5) is 0. The fourth-order valence-corrected chi connectivity index (χ4v) is 3.36. The molecule has 1 heterocycles. The Kier molecular flexibility index (Phi) is 2.70. The minimum Gasteiger partial charge on any atom is -0.369 e. The normalized spacial score (nSPS) is 46.6. The largest absolute Gasteiger partial charge is 0.369 e. The molecule has 1 heteroatoms. The average Bonchev–Trinajstić information content (AvgIpc) is 2.95. The summed E-state index contributed by atoms with van der Waals surface area (Å²) < 4.78 is 5.77. The van der Waals surface area contributed by atoms with Crippen LogP contribution in [0.3, 0.4) is 0 Å². The Labute approximate surface area is 87.5 Å². The van der Waals surface area contributed by atoms with Crippen molar-refractivity contribution in [2.75, 3.05) is 0 Å². The number of ether oxygens (including phenoxy) is 1. The van der Waals surface area contributed by atoms with Crippen LogP contribution in [0, 0.1) is 11.3 Å². The van der Waals surface area contributed by atoms with E-state index < -0.39 is 0 Å². The Balaban J connectivity index is 2.22. The molecule has 1 saturated carbocycles. The third-order valence-electron chi connectivity index (χ3n) is 4.39. The molecule has 0 amide bonds. The van der Waals surface area contributed by atoms with Crippen LogP contribution in [0.2, 0.25) is 0 Å². The fourth-order valence-electron chi connectivity index (χ4n) is 3.36. The van der Waals surface area contributed by atoms with Crippen LogP contribution in [-0.4, -0.2) is 12.2 Å². The van der Waals surface area contributed by atoms with E-state index in [0.717, 1.165) is 5.92 Å². The molecule has 1 nitrogen and oxygen atoms in total. The number of rotatable bonds is 3. The third-order valence-corrected chi connectivity index (χ3v) is 4.39. The Morgan fingerprint density at radius 2 is 2.29 bits per heavy atom. The highest BCUT2D eigenvalue weighted by Crippen LogP contribution is 2.52. The second kappa shape index (κ2) is 3.69. The highest BCUT2D eigenvalue weighted by molar-refractivity contribution is 5.08. The number of hydrogen-bond donors (Lipinski definition) is 0. The first-order valence-corrected chi connectivity index (χ1v) is 6.06. The van der Waals surface area contributed by atoms with E-state index in [4.69, 9.17) is 4.74 Å². The molecule has 14 heavy (non-hydrogen) atoms. The molecule has 0 aromatic rings. The lowest BCUT2D eigenvalue weighted by atomic mass is 9.69. The predicted octanol–water partition coefficient (Wildman–Crippen LogP) is 3.55. The van der Waals surface area contributed by atoms with E-state index in [-0.39, 0.29) is 0 Å². The molecule has 4 unspecified atom stereocenters. The molecular formula is C13H22O. The van der Waals surface area contributed by atoms with Crippen molar-refractivity contribution in [1.29, 1.82) is 0 Å². The van der Waals surface area contributed by atoms with Crippen LogP contribution in [0.5, 0.6) is 0 Å². The van der Waals surface area contributed by atoms with Gasteiger partial charge in [0.25, 0.3) is 0 Å². The summed E-state index contributed by atoms with van der Waals surface area (Å²) in [6.07, 6.45) is 9.73. The Bertz CT molecular complexity index is 223. The van der Waals surface area contributed by atoms with Crippen molar-refractivity contribution in [3.63, 3.8) is 0 Å². The molecule has 1 saturated heterocycles. The predicted molar refractivity (Wildman–Crippen MR) is 59.2 cm³/mol. The Morgan fingerprint density at radius 3 is 2.86 bits per heavy atom. The Morgan fingerprint density at radius 1 is 1.50 bits per heavy atom. The summed E-state index contributed by atoms with van der Waals surface area (Å²) in [5.41, 5.74) is 0.366. The number of hydrogen-bond acceptors (Lipinski definition) is 1. The van der Waals surface area contributed by atoms with E-state index in [1.807, 2.05) is 0 Å². The Hall–Kier alpha value is -0.300. The molecule has 0 aromatic heterocycles. The lowest BCUT2D eigenvalue weighted by molar-refractivity contribution is 0.145. The first-order valence-electron chi connectivity index (χ1n) is 6.06. The van der Waals surface area contributed by atoms with Gasteiger partial charge in [-0.1, -0.05) is 19.9 Å². The van der Waals surface area contributed by atoms with Gasteiger partial charge in [-0.15, -0.1) is 6.58 Å². The molecule has 80 valence electrons. The van der Waals surface area contributed by atoms with E-state index in [1.54, 1.807) is 0 Å². The average molecular weight is 194 g/mol. The molecule has 2 rings (SSSR count). The molecule has 0 radical (unpaired) electrons. The van der Waals surface area contributed by atoms with Gasteiger partial charge in [0.1, 0.15) is 0 Å². The first-order chi connectivity index (χ1) is 6.77. The highest BCUT2D eigenvalue weighted by atomic mass is 16.6. The number of allylic oxidation sites excluding steroid dienone is 1. The van der Waals surface area contributed by atoms with Gasteiger partial charge in [0.05, 0.1) is 12.2 Å². The van der Waals surface area contributed by atoms with Crippen molar-refractivity contribution in [3.05, 3.63) is 12.7 Å². The number of epoxide rings is 1. The van der Waals surface area contributed by atoms with Crippen LogP contribution in [0.4, 0.5) is 0 Å². The zero-order valence-corrected chi connectivity index (χ0v) is 9.46. The zero-order chi connectivity index (χ0) is 10.2. The van der Waals surface area contributed by atoms with Crippen LogP contribution >= 0.6 is 0 Å². The minimum atomic E-state index is 0.366. The van der Waals surface area contributed by atoms with Gasteiger partial charge in [-0.2, -0.15) is 0 Å². The molecular weight excluding hydrogens is 172 g/mol. The molecule has 1 aliphatic carbocycles. The monoisotopic (exact) mass is 194 g/mol. The maximum absolute atomic E-state index is 5.77. The maximum atomic E-state index is 5.77. The lowest BCUT2D eigenvalue weighted by Crippen LogP contribution is -2.30. The van der Waals surface area contributed by atoms with Crippen molar-refractivity contribution in [2.24, 2.45) is 11.3 Å². The van der Waals surface area contributed by atoms with Crippen molar-refractivity contribution in [3.8, 4) is 0 Å². The van der Waals surface area contributed by atoms with Gasteiger partial charge < -0.3 is 4.74 Å². The molecule has 0 N–H and O–H groups in total. The summed E-state index contributed by atoms with van der Waals surface area (Å²) in [6.45, 7) is 8.66. The maximum Gasteiger partial charge on any atom is 0.0878 e. The van der Waals surface area contributed by atoms with Crippen molar-refractivity contribution >= 4 is 0 Å². The standard InChI is InChI=1S/C13H22O/c1-4-10-12-11(14-12)8-7-9-13(10,5-2)6-3/h5,10-12H,2,4,6-9H2,1,3H3. The smallest absolute Gasteiger partial charge is 0.0878 e. The third kappa shape index (κ3) is 1.42. The van der Waals surface area contributed by atoms with E-state index in [2.05, 4.69) is 26.5 Å². The van der Waals surface area contributed by atoms with Crippen LogP contribution in [0.1, 0.15) is 46.0 Å². The second-order valence-electron chi connectivity index (χ2n) is 4.84. The van der Waals surface area contributed by atoms with Gasteiger partial charge in [0.2, 0.25) is 0 Å². The number of fused-ring (bicyclic) bond motifs is 1. The topological polar surface area (TPSA) is 12.5 Å². The van der Waals surface area contributed by atoms with Crippen LogP contribution in [0.25, 0.3) is 0 Å². The van der Waals surface area contributed by atoms with Gasteiger partial charge >= 0.3 is 0 Å². The second-order valence-corrected chi connectivity index (χ2v) is 4.84. The van der Waals surface area contributed by atoms with Crippen molar-refractivity contribution in [1.82, 2.24) is 0 Å². The van der Waals surface area contributed by atoms with E-state index >= 15 is 0 Å². The minimum absolute atomic E-state index is 0.366. The molecule has 2 fully saturated rings. The summed E-state index contributed by atoms with van der Waals surface area (Å²) >= 11 is 0. The van der Waals surface area contributed by atoms with E-state index in [9.17, 15) is 0 Å². The first kappa shape index (κ1) is 10.2. The summed E-state index contributed by atoms with van der Waals surface area (Å²) in [5.74, 6) is 0.720.